The van der Waals surface area contributed by atoms with Crippen molar-refractivity contribution < 1.29 is 28.6 Å². The minimum Gasteiger partial charge on any atom is -0.462 e. The van der Waals surface area contributed by atoms with Gasteiger partial charge in [0.1, 0.15) is 13.2 Å². The average Bonchev–Trinajstić information content (AvgIpc) is 3.31. The van der Waals surface area contributed by atoms with Crippen LogP contribution in [0.2, 0.25) is 0 Å². The third-order valence-electron chi connectivity index (χ3n) is 12.5. The molecule has 0 aromatic heterocycles. The van der Waals surface area contributed by atoms with Crippen molar-refractivity contribution in [2.75, 3.05) is 13.2 Å². The molecule has 0 aliphatic heterocycles. The molecular weight excluding hydrogens is 817 g/mol. The fraction of sp³-hybridized carbons (Fsp3) is 0.817. The number of carbonyl (C=O) groups excluding carboxylic acids is 3. The van der Waals surface area contributed by atoms with Crippen LogP contribution in [0, 0.1) is 0 Å². The third-order valence-corrected chi connectivity index (χ3v) is 12.5. The van der Waals surface area contributed by atoms with Crippen LogP contribution in [-0.4, -0.2) is 37.2 Å². The second-order valence-electron chi connectivity index (χ2n) is 19.2. The molecule has 0 aromatic carbocycles. The predicted octanol–water partition coefficient (Wildman–Crippen LogP) is 19.0. The van der Waals surface area contributed by atoms with Crippen LogP contribution in [0.1, 0.15) is 297 Å². The maximum atomic E-state index is 12.8. The Labute approximate surface area is 409 Å². The van der Waals surface area contributed by atoms with Crippen LogP contribution >= 0.6 is 0 Å². The summed E-state index contributed by atoms with van der Waals surface area (Å²) >= 11 is 0. The summed E-state index contributed by atoms with van der Waals surface area (Å²) in [7, 11) is 0. The van der Waals surface area contributed by atoms with Gasteiger partial charge < -0.3 is 14.2 Å². The lowest BCUT2D eigenvalue weighted by molar-refractivity contribution is -0.167. The molecule has 0 saturated heterocycles. The fourth-order valence-electron chi connectivity index (χ4n) is 8.15. The molecule has 0 heterocycles. The summed E-state index contributed by atoms with van der Waals surface area (Å²) in [6.45, 7) is 6.59. The van der Waals surface area contributed by atoms with Gasteiger partial charge in [0.25, 0.3) is 0 Å². The van der Waals surface area contributed by atoms with E-state index >= 15 is 0 Å². The van der Waals surface area contributed by atoms with Crippen molar-refractivity contribution >= 4 is 17.9 Å². The van der Waals surface area contributed by atoms with Crippen LogP contribution in [0.4, 0.5) is 0 Å². The number of rotatable bonds is 52. The van der Waals surface area contributed by atoms with Gasteiger partial charge in [0.15, 0.2) is 6.10 Å². The molecule has 384 valence electrons. The van der Waals surface area contributed by atoms with Crippen LogP contribution in [0.15, 0.2) is 48.6 Å². The quantitative estimate of drug-likeness (QED) is 0.0262. The van der Waals surface area contributed by atoms with Gasteiger partial charge in [-0.3, -0.25) is 14.4 Å². The van der Waals surface area contributed by atoms with Crippen molar-refractivity contribution in [1.82, 2.24) is 0 Å². The molecule has 6 nitrogen and oxygen atoms in total. The normalized spacial score (nSPS) is 12.3. The zero-order valence-electron chi connectivity index (χ0n) is 44.0. The number of hydrogen-bond acceptors (Lipinski definition) is 6. The maximum absolute atomic E-state index is 12.8. The zero-order chi connectivity index (χ0) is 47.9. The highest BCUT2D eigenvalue weighted by atomic mass is 16.6. The van der Waals surface area contributed by atoms with Gasteiger partial charge in [-0.05, 0) is 96.3 Å². The summed E-state index contributed by atoms with van der Waals surface area (Å²) in [6, 6.07) is 0. The Balaban J connectivity index is 4.26. The first-order valence-corrected chi connectivity index (χ1v) is 28.6. The van der Waals surface area contributed by atoms with Crippen molar-refractivity contribution in [3.8, 4) is 0 Å². The summed E-state index contributed by atoms with van der Waals surface area (Å²) < 4.78 is 16.8. The van der Waals surface area contributed by atoms with E-state index in [-0.39, 0.29) is 31.1 Å². The lowest BCUT2D eigenvalue weighted by atomic mass is 10.0. The second-order valence-corrected chi connectivity index (χ2v) is 19.2. The predicted molar refractivity (Wildman–Crippen MR) is 284 cm³/mol. The highest BCUT2D eigenvalue weighted by Gasteiger charge is 2.19. The molecule has 1 atom stereocenters. The number of allylic oxidation sites excluding steroid dienone is 8. The Bertz CT molecular complexity index is 1150. The highest BCUT2D eigenvalue weighted by molar-refractivity contribution is 5.71. The van der Waals surface area contributed by atoms with Crippen molar-refractivity contribution in [2.45, 2.75) is 303 Å². The molecule has 0 amide bonds. The van der Waals surface area contributed by atoms with Crippen LogP contribution in [0.25, 0.3) is 0 Å². The van der Waals surface area contributed by atoms with Crippen molar-refractivity contribution in [3.63, 3.8) is 0 Å². The Morgan fingerprint density at radius 3 is 0.894 bits per heavy atom. The summed E-state index contributed by atoms with van der Waals surface area (Å²) in [5.74, 6) is -0.889. The van der Waals surface area contributed by atoms with Gasteiger partial charge in [-0.2, -0.15) is 0 Å². The minimum atomic E-state index is -0.780. The van der Waals surface area contributed by atoms with Gasteiger partial charge in [0, 0.05) is 19.3 Å². The molecule has 0 spiro atoms. The van der Waals surface area contributed by atoms with Gasteiger partial charge in [-0.25, -0.2) is 0 Å². The summed E-state index contributed by atoms with van der Waals surface area (Å²) in [4.78, 5) is 38.0. The number of hydrogen-bond donors (Lipinski definition) is 0. The standard InChI is InChI=1S/C60H108O6/c1-4-7-10-13-16-19-22-24-26-27-28-29-30-31-32-33-34-36-38-41-44-47-50-53-59(62)65-56-57(55-64-58(61)52-49-46-43-40-37-21-18-15-12-9-6-3)66-60(63)54-51-48-45-42-39-35-25-23-20-17-14-11-8-5-2/h15,18,22-25,27-28,57H,4-14,16-17,19-21,26,29-56H2,1-3H3/b18-15-,24-22-,25-23-,28-27-. The minimum absolute atomic E-state index is 0.0787. The lowest BCUT2D eigenvalue weighted by Crippen LogP contribution is -2.30. The van der Waals surface area contributed by atoms with Crippen LogP contribution < -0.4 is 0 Å². The van der Waals surface area contributed by atoms with E-state index in [1.54, 1.807) is 0 Å². The van der Waals surface area contributed by atoms with Gasteiger partial charge in [-0.15, -0.1) is 0 Å². The van der Waals surface area contributed by atoms with Crippen molar-refractivity contribution in [1.29, 1.82) is 0 Å². The molecule has 0 bridgehead atoms. The largest absolute Gasteiger partial charge is 0.462 e. The summed E-state index contributed by atoms with van der Waals surface area (Å²) in [6.07, 6.45) is 66.8. The lowest BCUT2D eigenvalue weighted by Gasteiger charge is -2.18. The third kappa shape index (κ3) is 52.3. The topological polar surface area (TPSA) is 78.9 Å². The zero-order valence-corrected chi connectivity index (χ0v) is 44.0. The van der Waals surface area contributed by atoms with Gasteiger partial charge in [0.2, 0.25) is 0 Å². The number of carbonyl (C=O) groups is 3. The molecule has 0 aromatic rings. The Kier molecular flexibility index (Phi) is 52.8. The summed E-state index contributed by atoms with van der Waals surface area (Å²) in [5, 5.41) is 0. The van der Waals surface area contributed by atoms with E-state index in [9.17, 15) is 14.4 Å². The van der Waals surface area contributed by atoms with E-state index in [1.807, 2.05) is 0 Å². The molecule has 0 aliphatic rings. The molecule has 1 unspecified atom stereocenters. The number of esters is 3. The molecule has 0 rings (SSSR count). The monoisotopic (exact) mass is 925 g/mol. The molecule has 6 heteroatoms. The first-order chi connectivity index (χ1) is 32.5. The first-order valence-electron chi connectivity index (χ1n) is 28.6. The number of ether oxygens (including phenoxy) is 3. The maximum Gasteiger partial charge on any atom is 0.306 e. The Hall–Kier alpha value is -2.63. The van der Waals surface area contributed by atoms with E-state index in [4.69, 9.17) is 14.2 Å². The van der Waals surface area contributed by atoms with E-state index in [0.717, 1.165) is 83.5 Å². The SMILES string of the molecule is CCCC/C=C\CCCCCCCC(=O)OCC(COC(=O)CCCCCCCCCCCCC/C=C\C/C=C\CCCCCCC)OC(=O)CCCCCCC/C=C\CCCCCCC. The highest BCUT2D eigenvalue weighted by Crippen LogP contribution is 2.15. The first kappa shape index (κ1) is 63.4. The van der Waals surface area contributed by atoms with Crippen molar-refractivity contribution in [3.05, 3.63) is 48.6 Å². The number of unbranched alkanes of at least 4 members (excludes halogenated alkanes) is 33. The molecule has 0 saturated carbocycles. The van der Waals surface area contributed by atoms with Crippen LogP contribution in [-0.2, 0) is 28.6 Å². The fourth-order valence-corrected chi connectivity index (χ4v) is 8.15. The van der Waals surface area contributed by atoms with Crippen LogP contribution in [0.5, 0.6) is 0 Å². The molecule has 0 fully saturated rings. The van der Waals surface area contributed by atoms with E-state index in [1.165, 1.54) is 173 Å². The van der Waals surface area contributed by atoms with Gasteiger partial charge in [-0.1, -0.05) is 230 Å². The smallest absolute Gasteiger partial charge is 0.306 e. The van der Waals surface area contributed by atoms with Gasteiger partial charge in [0.05, 0.1) is 0 Å². The Morgan fingerprint density at radius 2 is 0.561 bits per heavy atom. The van der Waals surface area contributed by atoms with E-state index in [0.29, 0.717) is 19.3 Å². The molecule has 0 aliphatic carbocycles. The van der Waals surface area contributed by atoms with E-state index < -0.39 is 6.10 Å². The van der Waals surface area contributed by atoms with Gasteiger partial charge >= 0.3 is 17.9 Å². The molecule has 0 radical (unpaired) electrons. The second kappa shape index (κ2) is 55.0. The molecular formula is C60H108O6. The average molecular weight is 926 g/mol. The van der Waals surface area contributed by atoms with Crippen molar-refractivity contribution in [2.24, 2.45) is 0 Å². The summed E-state index contributed by atoms with van der Waals surface area (Å²) in [5.41, 5.74) is 0. The van der Waals surface area contributed by atoms with E-state index in [2.05, 4.69) is 69.4 Å². The molecule has 66 heavy (non-hydrogen) atoms. The van der Waals surface area contributed by atoms with Crippen LogP contribution in [0.3, 0.4) is 0 Å². The molecule has 0 N–H and O–H groups in total. The Morgan fingerprint density at radius 1 is 0.303 bits per heavy atom.